The van der Waals surface area contributed by atoms with Gasteiger partial charge in [-0.15, -0.1) is 10.2 Å². The van der Waals surface area contributed by atoms with Crippen LogP contribution in [0, 0.1) is 0 Å². The molecule has 0 bridgehead atoms. The SMILES string of the molecule is CCCn1c2ccccc2c2c3c(=O)[nH]c(=O)[nH]c3nnc21. The molecule has 0 aliphatic rings. The zero-order valence-corrected chi connectivity index (χ0v) is 11.9. The summed E-state index contributed by atoms with van der Waals surface area (Å²) in [5.41, 5.74) is 0.849. The molecule has 4 aromatic rings. The number of nitrogens with one attached hydrogen (secondary N) is 2. The Morgan fingerprint density at radius 3 is 2.73 bits per heavy atom. The monoisotopic (exact) mass is 295 g/mol. The van der Waals surface area contributed by atoms with Gasteiger partial charge in [-0.3, -0.25) is 14.8 Å². The number of aromatic nitrogens is 5. The molecule has 22 heavy (non-hydrogen) atoms. The topological polar surface area (TPSA) is 96.4 Å². The first-order valence-corrected chi connectivity index (χ1v) is 7.10. The number of rotatable bonds is 2. The lowest BCUT2D eigenvalue weighted by molar-refractivity contribution is 0.714. The summed E-state index contributed by atoms with van der Waals surface area (Å²) in [5.74, 6) is 0. The molecule has 4 rings (SSSR count). The molecular formula is C15H13N5O2. The van der Waals surface area contributed by atoms with Crippen LogP contribution in [0.3, 0.4) is 0 Å². The molecular weight excluding hydrogens is 282 g/mol. The molecule has 0 amide bonds. The number of nitrogens with zero attached hydrogens (tertiary/aromatic N) is 3. The quantitative estimate of drug-likeness (QED) is 0.586. The lowest BCUT2D eigenvalue weighted by Gasteiger charge is -2.03. The number of aryl methyl sites for hydroxylation is 1. The predicted octanol–water partition coefficient (Wildman–Crippen LogP) is 1.52. The normalized spacial score (nSPS) is 11.7. The molecule has 0 aliphatic heterocycles. The summed E-state index contributed by atoms with van der Waals surface area (Å²) in [6.45, 7) is 2.87. The van der Waals surface area contributed by atoms with Crippen LogP contribution in [0.15, 0.2) is 33.9 Å². The molecule has 1 aromatic carbocycles. The molecule has 0 aliphatic carbocycles. The van der Waals surface area contributed by atoms with Gasteiger partial charge in [0, 0.05) is 17.3 Å². The van der Waals surface area contributed by atoms with E-state index in [1.165, 1.54) is 0 Å². The maximum atomic E-state index is 12.3. The van der Waals surface area contributed by atoms with E-state index in [9.17, 15) is 9.59 Å². The predicted molar refractivity (Wildman–Crippen MR) is 84.1 cm³/mol. The molecule has 0 saturated carbocycles. The maximum absolute atomic E-state index is 12.3. The zero-order chi connectivity index (χ0) is 15.3. The standard InChI is InChI=1S/C15H13N5O2/c1-2-7-20-9-6-4-3-5-8(9)10-11-12(18-19-13(10)20)16-15(22)17-14(11)21/h3-6H,2,7H2,1H3,(H2,16,17,18,21,22). The Kier molecular flexibility index (Phi) is 2.62. The van der Waals surface area contributed by atoms with Crippen molar-refractivity contribution in [2.24, 2.45) is 0 Å². The Balaban J connectivity index is 2.35. The first-order chi connectivity index (χ1) is 10.7. The van der Waals surface area contributed by atoms with Gasteiger partial charge in [-0.2, -0.15) is 0 Å². The van der Waals surface area contributed by atoms with Crippen LogP contribution in [-0.2, 0) is 6.54 Å². The molecule has 0 saturated heterocycles. The van der Waals surface area contributed by atoms with E-state index in [2.05, 4.69) is 31.7 Å². The Labute approximate surface area is 123 Å². The van der Waals surface area contributed by atoms with Crippen molar-refractivity contribution in [1.29, 1.82) is 0 Å². The highest BCUT2D eigenvalue weighted by atomic mass is 16.2. The molecule has 110 valence electrons. The van der Waals surface area contributed by atoms with Crippen molar-refractivity contribution in [2.45, 2.75) is 19.9 Å². The Morgan fingerprint density at radius 1 is 1.09 bits per heavy atom. The molecule has 3 heterocycles. The van der Waals surface area contributed by atoms with Crippen molar-refractivity contribution in [2.75, 3.05) is 0 Å². The number of H-pyrrole nitrogens is 2. The second-order valence-corrected chi connectivity index (χ2v) is 5.20. The molecule has 2 N–H and O–H groups in total. The van der Waals surface area contributed by atoms with Crippen LogP contribution >= 0.6 is 0 Å². The lowest BCUT2D eigenvalue weighted by Crippen LogP contribution is -2.22. The fourth-order valence-electron chi connectivity index (χ4n) is 2.97. The summed E-state index contributed by atoms with van der Waals surface area (Å²) < 4.78 is 2.06. The van der Waals surface area contributed by atoms with E-state index in [1.807, 2.05) is 24.3 Å². The van der Waals surface area contributed by atoms with E-state index in [0.29, 0.717) is 11.0 Å². The van der Waals surface area contributed by atoms with Crippen molar-refractivity contribution in [3.05, 3.63) is 45.1 Å². The van der Waals surface area contributed by atoms with E-state index in [-0.39, 0.29) is 5.65 Å². The van der Waals surface area contributed by atoms with Crippen molar-refractivity contribution >= 4 is 33.0 Å². The summed E-state index contributed by atoms with van der Waals surface area (Å²) in [5, 5.41) is 10.3. The summed E-state index contributed by atoms with van der Waals surface area (Å²) in [4.78, 5) is 28.5. The molecule has 0 atom stereocenters. The second-order valence-electron chi connectivity index (χ2n) is 5.20. The number of hydrogen-bond donors (Lipinski definition) is 2. The highest BCUT2D eigenvalue weighted by Crippen LogP contribution is 2.30. The Bertz CT molecular complexity index is 1140. The van der Waals surface area contributed by atoms with Crippen molar-refractivity contribution < 1.29 is 0 Å². The van der Waals surface area contributed by atoms with E-state index in [0.717, 1.165) is 29.3 Å². The molecule has 7 heteroatoms. The average molecular weight is 295 g/mol. The minimum absolute atomic E-state index is 0.209. The molecule has 0 unspecified atom stereocenters. The summed E-state index contributed by atoms with van der Waals surface area (Å²) in [6, 6.07) is 7.83. The first-order valence-electron chi connectivity index (χ1n) is 7.10. The van der Waals surface area contributed by atoms with Gasteiger partial charge >= 0.3 is 5.69 Å². The van der Waals surface area contributed by atoms with E-state index in [4.69, 9.17) is 0 Å². The number of hydrogen-bond acceptors (Lipinski definition) is 4. The number of aromatic amines is 2. The average Bonchev–Trinajstić information content (AvgIpc) is 2.82. The van der Waals surface area contributed by atoms with Crippen LogP contribution in [0.25, 0.3) is 33.0 Å². The Hall–Kier alpha value is -2.96. The smallest absolute Gasteiger partial charge is 0.324 e. The van der Waals surface area contributed by atoms with Crippen molar-refractivity contribution in [3.63, 3.8) is 0 Å². The summed E-state index contributed by atoms with van der Waals surface area (Å²) >= 11 is 0. The van der Waals surface area contributed by atoms with Crippen molar-refractivity contribution in [3.8, 4) is 0 Å². The van der Waals surface area contributed by atoms with Gasteiger partial charge in [0.15, 0.2) is 11.3 Å². The van der Waals surface area contributed by atoms with Gasteiger partial charge in [-0.05, 0) is 12.5 Å². The van der Waals surface area contributed by atoms with Crippen LogP contribution in [0.2, 0.25) is 0 Å². The van der Waals surface area contributed by atoms with Crippen LogP contribution in [0.1, 0.15) is 13.3 Å². The largest absolute Gasteiger partial charge is 0.327 e. The molecule has 3 aromatic heterocycles. The van der Waals surface area contributed by atoms with Crippen molar-refractivity contribution in [1.82, 2.24) is 24.7 Å². The van der Waals surface area contributed by atoms with Crippen LogP contribution in [0.4, 0.5) is 0 Å². The van der Waals surface area contributed by atoms with Gasteiger partial charge in [-0.1, -0.05) is 25.1 Å². The fourth-order valence-corrected chi connectivity index (χ4v) is 2.97. The highest BCUT2D eigenvalue weighted by Gasteiger charge is 2.17. The van der Waals surface area contributed by atoms with Gasteiger partial charge < -0.3 is 4.57 Å². The minimum Gasteiger partial charge on any atom is -0.324 e. The van der Waals surface area contributed by atoms with E-state index < -0.39 is 11.2 Å². The summed E-state index contributed by atoms with van der Waals surface area (Å²) in [6.07, 6.45) is 0.940. The van der Waals surface area contributed by atoms with Gasteiger partial charge in [0.05, 0.1) is 10.9 Å². The van der Waals surface area contributed by atoms with Crippen LogP contribution < -0.4 is 11.2 Å². The summed E-state index contributed by atoms with van der Waals surface area (Å²) in [7, 11) is 0. The molecule has 7 nitrogen and oxygen atoms in total. The number of fused-ring (bicyclic) bond motifs is 5. The van der Waals surface area contributed by atoms with E-state index >= 15 is 0 Å². The lowest BCUT2D eigenvalue weighted by atomic mass is 10.1. The van der Waals surface area contributed by atoms with E-state index in [1.54, 1.807) is 0 Å². The third-order valence-electron chi connectivity index (χ3n) is 3.81. The maximum Gasteiger partial charge on any atom is 0.327 e. The number of benzene rings is 1. The molecule has 0 radical (unpaired) electrons. The number of para-hydroxylation sites is 1. The zero-order valence-electron chi connectivity index (χ0n) is 11.9. The van der Waals surface area contributed by atoms with Gasteiger partial charge in [-0.25, -0.2) is 4.79 Å². The second kappa shape index (κ2) is 4.52. The Morgan fingerprint density at radius 2 is 1.91 bits per heavy atom. The third-order valence-corrected chi connectivity index (χ3v) is 3.81. The molecule has 0 spiro atoms. The van der Waals surface area contributed by atoms with Gasteiger partial charge in [0.1, 0.15) is 0 Å². The first kappa shape index (κ1) is 12.8. The van der Waals surface area contributed by atoms with Crippen LogP contribution in [-0.4, -0.2) is 24.7 Å². The molecule has 0 fully saturated rings. The highest BCUT2D eigenvalue weighted by molar-refractivity contribution is 6.17. The minimum atomic E-state index is -0.580. The van der Waals surface area contributed by atoms with Gasteiger partial charge in [0.2, 0.25) is 0 Å². The third kappa shape index (κ3) is 1.62. The van der Waals surface area contributed by atoms with Crippen LogP contribution in [0.5, 0.6) is 0 Å². The van der Waals surface area contributed by atoms with Gasteiger partial charge in [0.25, 0.3) is 5.56 Å². The fraction of sp³-hybridized carbons (Fsp3) is 0.200.